The topological polar surface area (TPSA) is 131 Å². The Balaban J connectivity index is 2.86. The van der Waals surface area contributed by atoms with Crippen LogP contribution in [0.5, 0.6) is 0 Å². The lowest BCUT2D eigenvalue weighted by Crippen LogP contribution is -2.52. The maximum atomic E-state index is 12.6. The summed E-state index contributed by atoms with van der Waals surface area (Å²) in [6.45, 7) is 10.2. The van der Waals surface area contributed by atoms with E-state index in [1.807, 2.05) is 12.1 Å². The third-order valence-corrected chi connectivity index (χ3v) is 4.73. The third-order valence-electron chi connectivity index (χ3n) is 4.01. The highest BCUT2D eigenvalue weighted by Crippen LogP contribution is 2.14. The first-order valence-electron chi connectivity index (χ1n) is 10.5. The van der Waals surface area contributed by atoms with Crippen molar-refractivity contribution < 1.29 is 33.8 Å². The Morgan fingerprint density at radius 1 is 0.909 bits per heavy atom. The normalized spacial score (nSPS) is 13.4. The number of carbonyl (C=O) groups excluding carboxylic acids is 3. The number of ether oxygens (including phenoxy) is 2. The minimum Gasteiger partial charge on any atom is -0.480 e. The second-order valence-corrected chi connectivity index (χ2v) is 10.8. The van der Waals surface area contributed by atoms with E-state index in [2.05, 4.69) is 33.2 Å². The van der Waals surface area contributed by atoms with E-state index in [-0.39, 0.29) is 19.3 Å². The zero-order chi connectivity index (χ0) is 25.4. The number of benzene rings is 1. The number of nitrogens with one attached hydrogen (secondary N) is 2. The van der Waals surface area contributed by atoms with Gasteiger partial charge < -0.3 is 25.2 Å². The van der Waals surface area contributed by atoms with E-state index in [0.717, 1.165) is 9.13 Å². The molecule has 184 valence electrons. The first-order chi connectivity index (χ1) is 15.1. The number of urea groups is 1. The van der Waals surface area contributed by atoms with E-state index in [4.69, 9.17) is 9.47 Å². The van der Waals surface area contributed by atoms with Crippen LogP contribution in [0.4, 0.5) is 4.79 Å². The number of carboxylic acid groups (broad SMARTS) is 1. The van der Waals surface area contributed by atoms with Gasteiger partial charge in [0.05, 0.1) is 0 Å². The average Bonchev–Trinajstić information content (AvgIpc) is 2.63. The van der Waals surface area contributed by atoms with Gasteiger partial charge in [-0.2, -0.15) is 0 Å². The second kappa shape index (κ2) is 12.2. The van der Waals surface area contributed by atoms with Crippen LogP contribution >= 0.6 is 22.6 Å². The van der Waals surface area contributed by atoms with Crippen LogP contribution in [0.2, 0.25) is 0 Å². The molecule has 2 amide bonds. The molecule has 0 aliphatic rings. The van der Waals surface area contributed by atoms with Crippen LogP contribution in [0.15, 0.2) is 24.3 Å². The number of aliphatic carboxylic acids is 1. The van der Waals surface area contributed by atoms with Gasteiger partial charge in [-0.3, -0.25) is 4.79 Å². The quantitative estimate of drug-likeness (QED) is 0.303. The SMILES string of the molecule is CC(C)(C)OC(=O)CCC(NC(=O)NC(Cc1ccc(I)cc1)C(=O)O)C(=O)OC(C)(C)C. The van der Waals surface area contributed by atoms with E-state index >= 15 is 0 Å². The molecule has 3 N–H and O–H groups in total. The molecule has 9 nitrogen and oxygen atoms in total. The monoisotopic (exact) mass is 576 g/mol. The van der Waals surface area contributed by atoms with E-state index in [0.29, 0.717) is 0 Å². The molecular weight excluding hydrogens is 543 g/mol. The van der Waals surface area contributed by atoms with Gasteiger partial charge >= 0.3 is 23.9 Å². The first-order valence-corrected chi connectivity index (χ1v) is 11.6. The van der Waals surface area contributed by atoms with Crippen molar-refractivity contribution in [2.75, 3.05) is 0 Å². The Morgan fingerprint density at radius 2 is 1.42 bits per heavy atom. The van der Waals surface area contributed by atoms with Crippen LogP contribution < -0.4 is 10.6 Å². The van der Waals surface area contributed by atoms with Crippen molar-refractivity contribution in [3.8, 4) is 0 Å². The Labute approximate surface area is 208 Å². The summed E-state index contributed by atoms with van der Waals surface area (Å²) < 4.78 is 11.6. The fourth-order valence-electron chi connectivity index (χ4n) is 2.69. The van der Waals surface area contributed by atoms with Gasteiger partial charge in [0.15, 0.2) is 0 Å². The van der Waals surface area contributed by atoms with Gasteiger partial charge in [0.2, 0.25) is 0 Å². The Kier molecular flexibility index (Phi) is 10.6. The number of halogens is 1. The van der Waals surface area contributed by atoms with Gasteiger partial charge in [-0.15, -0.1) is 0 Å². The van der Waals surface area contributed by atoms with E-state index in [1.165, 1.54) is 0 Å². The number of esters is 2. The number of carboxylic acids is 1. The van der Waals surface area contributed by atoms with Crippen LogP contribution in [0, 0.1) is 3.57 Å². The molecule has 0 bridgehead atoms. The predicted molar refractivity (Wildman–Crippen MR) is 131 cm³/mol. The standard InChI is InChI=1S/C23H33IN2O7/c1-22(2,3)32-18(27)12-11-16(20(30)33-23(4,5)6)25-21(31)26-17(19(28)29)13-14-7-9-15(24)10-8-14/h7-10,16-17H,11-13H2,1-6H3,(H,28,29)(H2,25,26,31). The molecule has 33 heavy (non-hydrogen) atoms. The fourth-order valence-corrected chi connectivity index (χ4v) is 3.05. The summed E-state index contributed by atoms with van der Waals surface area (Å²) in [6, 6.07) is 4.00. The molecule has 1 aromatic carbocycles. The molecule has 0 aliphatic carbocycles. The highest BCUT2D eigenvalue weighted by molar-refractivity contribution is 14.1. The lowest BCUT2D eigenvalue weighted by atomic mass is 10.1. The highest BCUT2D eigenvalue weighted by Gasteiger charge is 2.29. The van der Waals surface area contributed by atoms with E-state index in [1.54, 1.807) is 53.7 Å². The van der Waals surface area contributed by atoms with Crippen molar-refractivity contribution in [2.45, 2.75) is 84.1 Å². The molecule has 2 atom stereocenters. The van der Waals surface area contributed by atoms with Crippen LogP contribution in [-0.4, -0.2) is 52.3 Å². The zero-order valence-corrected chi connectivity index (χ0v) is 22.0. The van der Waals surface area contributed by atoms with Crippen LogP contribution in [0.3, 0.4) is 0 Å². The number of carbonyl (C=O) groups is 4. The van der Waals surface area contributed by atoms with Crippen molar-refractivity contribution >= 4 is 46.5 Å². The van der Waals surface area contributed by atoms with Crippen molar-refractivity contribution in [1.82, 2.24) is 10.6 Å². The highest BCUT2D eigenvalue weighted by atomic mass is 127. The molecule has 0 heterocycles. The predicted octanol–water partition coefficient (Wildman–Crippen LogP) is 3.42. The number of hydrogen-bond acceptors (Lipinski definition) is 6. The Hall–Kier alpha value is -2.37. The molecule has 0 fully saturated rings. The average molecular weight is 576 g/mol. The summed E-state index contributed by atoms with van der Waals surface area (Å²) in [5.74, 6) is -2.47. The van der Waals surface area contributed by atoms with Gasteiger partial charge in [0.1, 0.15) is 23.3 Å². The Bertz CT molecular complexity index is 842. The van der Waals surface area contributed by atoms with Crippen molar-refractivity contribution in [3.05, 3.63) is 33.4 Å². The lowest BCUT2D eigenvalue weighted by molar-refractivity contribution is -0.158. The summed E-state index contributed by atoms with van der Waals surface area (Å²) in [7, 11) is 0. The van der Waals surface area contributed by atoms with Gasteiger partial charge in [-0.25, -0.2) is 14.4 Å². The van der Waals surface area contributed by atoms with E-state index in [9.17, 15) is 24.3 Å². The number of amides is 2. The number of rotatable bonds is 9. The minimum atomic E-state index is -1.22. The molecule has 0 saturated carbocycles. The largest absolute Gasteiger partial charge is 0.480 e. The molecule has 0 aromatic heterocycles. The lowest BCUT2D eigenvalue weighted by Gasteiger charge is -2.25. The third kappa shape index (κ3) is 12.4. The van der Waals surface area contributed by atoms with E-state index < -0.39 is 47.2 Å². The van der Waals surface area contributed by atoms with Gasteiger partial charge in [-0.1, -0.05) is 12.1 Å². The molecular formula is C23H33IN2O7. The van der Waals surface area contributed by atoms with Crippen LogP contribution in [0.25, 0.3) is 0 Å². The summed E-state index contributed by atoms with van der Waals surface area (Å²) in [6.07, 6.45) is -0.132. The molecule has 0 spiro atoms. The van der Waals surface area contributed by atoms with Gasteiger partial charge in [-0.05, 0) is 88.3 Å². The van der Waals surface area contributed by atoms with Crippen molar-refractivity contribution in [2.24, 2.45) is 0 Å². The summed E-state index contributed by atoms with van der Waals surface area (Å²) in [4.78, 5) is 48.9. The van der Waals surface area contributed by atoms with Gasteiger partial charge in [0.25, 0.3) is 0 Å². The second-order valence-electron chi connectivity index (χ2n) is 9.55. The molecule has 2 unspecified atom stereocenters. The van der Waals surface area contributed by atoms with Crippen molar-refractivity contribution in [1.29, 1.82) is 0 Å². The minimum absolute atomic E-state index is 0.0634. The summed E-state index contributed by atoms with van der Waals surface area (Å²) >= 11 is 2.14. The maximum Gasteiger partial charge on any atom is 0.329 e. The summed E-state index contributed by atoms with van der Waals surface area (Å²) in [5, 5.41) is 14.3. The maximum absolute atomic E-state index is 12.6. The molecule has 1 aromatic rings. The molecule has 0 aliphatic heterocycles. The van der Waals surface area contributed by atoms with Gasteiger partial charge in [0, 0.05) is 16.4 Å². The van der Waals surface area contributed by atoms with Crippen LogP contribution in [-0.2, 0) is 30.3 Å². The fraction of sp³-hybridized carbons (Fsp3) is 0.565. The molecule has 10 heteroatoms. The first kappa shape index (κ1) is 28.7. The molecule has 0 radical (unpaired) electrons. The van der Waals surface area contributed by atoms with Crippen molar-refractivity contribution in [3.63, 3.8) is 0 Å². The smallest absolute Gasteiger partial charge is 0.329 e. The number of hydrogen-bond donors (Lipinski definition) is 3. The summed E-state index contributed by atoms with van der Waals surface area (Å²) in [5.41, 5.74) is -0.766. The molecule has 0 saturated heterocycles. The Morgan fingerprint density at radius 3 is 1.91 bits per heavy atom. The zero-order valence-electron chi connectivity index (χ0n) is 19.9. The molecule has 1 rings (SSSR count). The van der Waals surface area contributed by atoms with Crippen LogP contribution in [0.1, 0.15) is 59.9 Å².